The number of fused-ring (bicyclic) bond motifs is 1. The predicted octanol–water partition coefficient (Wildman–Crippen LogP) is 5.52. The lowest BCUT2D eigenvalue weighted by Crippen LogP contribution is -2.25. The molecule has 1 aromatic heterocycles. The maximum Gasteiger partial charge on any atom is 0.325 e. The van der Waals surface area contributed by atoms with E-state index >= 15 is 0 Å². The van der Waals surface area contributed by atoms with Gasteiger partial charge in [0.1, 0.15) is 6.04 Å². The van der Waals surface area contributed by atoms with Gasteiger partial charge in [-0.2, -0.15) is 5.10 Å². The highest BCUT2D eigenvalue weighted by atomic mass is 35.5. The summed E-state index contributed by atoms with van der Waals surface area (Å²) in [6, 6.07) is 20.8. The first-order valence-electron chi connectivity index (χ1n) is 9.51. The molecule has 1 atom stereocenters. The van der Waals surface area contributed by atoms with Crippen molar-refractivity contribution in [2.45, 2.75) is 13.0 Å². The molecule has 0 bridgehead atoms. The van der Waals surface area contributed by atoms with Crippen molar-refractivity contribution < 1.29 is 9.90 Å². The highest BCUT2D eigenvalue weighted by molar-refractivity contribution is 6.36. The molecule has 0 aliphatic rings. The van der Waals surface area contributed by atoms with E-state index in [-0.39, 0.29) is 0 Å². The summed E-state index contributed by atoms with van der Waals surface area (Å²) in [5.74, 6) is -0.229. The monoisotopic (exact) mass is 420 g/mol. The van der Waals surface area contributed by atoms with Crippen molar-refractivity contribution in [3.8, 4) is 11.1 Å². The van der Waals surface area contributed by atoms with Gasteiger partial charge in [0, 0.05) is 23.7 Å². The van der Waals surface area contributed by atoms with Gasteiger partial charge in [-0.25, -0.2) is 0 Å². The lowest BCUT2D eigenvalue weighted by molar-refractivity contribution is -0.137. The molecular weight excluding hydrogens is 400 g/mol. The lowest BCUT2D eigenvalue weighted by Gasteiger charge is -2.12. The number of rotatable bonds is 6. The second-order valence-corrected chi connectivity index (χ2v) is 7.44. The van der Waals surface area contributed by atoms with Crippen molar-refractivity contribution >= 4 is 45.7 Å². The van der Waals surface area contributed by atoms with Gasteiger partial charge in [-0.15, -0.1) is 0 Å². The number of aryl methyl sites for hydroxylation is 1. The number of benzene rings is 3. The fourth-order valence-electron chi connectivity index (χ4n) is 3.35. The number of halogens is 1. The molecule has 0 radical (unpaired) electrons. The molecule has 0 saturated heterocycles. The highest BCUT2D eigenvalue weighted by Gasteiger charge is 2.15. The van der Waals surface area contributed by atoms with Gasteiger partial charge in [0.25, 0.3) is 0 Å². The normalized spacial score (nSPS) is 12.0. The van der Waals surface area contributed by atoms with Gasteiger partial charge in [0.2, 0.25) is 0 Å². The molecule has 7 heteroatoms. The molecule has 4 aromatic rings. The second kappa shape index (κ2) is 8.08. The van der Waals surface area contributed by atoms with Crippen molar-refractivity contribution in [2.24, 2.45) is 7.05 Å². The summed E-state index contributed by atoms with van der Waals surface area (Å²) in [5, 5.41) is 21.5. The predicted molar refractivity (Wildman–Crippen MR) is 122 cm³/mol. The number of hydrogen-bond donors (Lipinski definition) is 3. The van der Waals surface area contributed by atoms with Crippen molar-refractivity contribution in [1.82, 2.24) is 9.78 Å². The fourth-order valence-corrected chi connectivity index (χ4v) is 3.63. The first kappa shape index (κ1) is 19.8. The third-order valence-corrected chi connectivity index (χ3v) is 5.35. The molecule has 6 nitrogen and oxygen atoms in total. The Balaban J connectivity index is 1.67. The summed E-state index contributed by atoms with van der Waals surface area (Å²) in [5.41, 5.74) is 4.34. The number of carbonyl (C=O) groups is 1. The van der Waals surface area contributed by atoms with E-state index in [4.69, 9.17) is 16.7 Å². The van der Waals surface area contributed by atoms with Crippen molar-refractivity contribution in [1.29, 1.82) is 0 Å². The van der Waals surface area contributed by atoms with E-state index in [1.165, 1.54) is 0 Å². The highest BCUT2D eigenvalue weighted by Crippen LogP contribution is 2.36. The first-order chi connectivity index (χ1) is 14.4. The number of nitrogens with one attached hydrogen (secondary N) is 2. The van der Waals surface area contributed by atoms with E-state index < -0.39 is 12.0 Å². The Kier molecular flexibility index (Phi) is 5.33. The minimum atomic E-state index is -0.907. The number of aliphatic carboxylic acids is 1. The summed E-state index contributed by atoms with van der Waals surface area (Å²) >= 11 is 6.70. The van der Waals surface area contributed by atoms with Crippen LogP contribution in [0.15, 0.2) is 66.7 Å². The zero-order chi connectivity index (χ0) is 21.3. The first-order valence-corrected chi connectivity index (χ1v) is 9.89. The average Bonchev–Trinajstić information content (AvgIpc) is 3.05. The number of aromatic nitrogens is 2. The molecule has 30 heavy (non-hydrogen) atoms. The van der Waals surface area contributed by atoms with E-state index in [1.807, 2.05) is 73.8 Å². The lowest BCUT2D eigenvalue weighted by atomic mass is 10.1. The van der Waals surface area contributed by atoms with Crippen LogP contribution in [0.3, 0.4) is 0 Å². The van der Waals surface area contributed by atoms with Gasteiger partial charge in [-0.3, -0.25) is 9.48 Å². The fraction of sp³-hybridized carbons (Fsp3) is 0.130. The third kappa shape index (κ3) is 3.82. The van der Waals surface area contributed by atoms with Crippen LogP contribution in [0, 0.1) is 0 Å². The smallest absolute Gasteiger partial charge is 0.325 e. The van der Waals surface area contributed by atoms with Crippen LogP contribution in [0.5, 0.6) is 0 Å². The van der Waals surface area contributed by atoms with Crippen LogP contribution < -0.4 is 10.6 Å². The molecule has 4 rings (SSSR count). The quantitative estimate of drug-likeness (QED) is 0.382. The number of carboxylic acids is 1. The summed E-state index contributed by atoms with van der Waals surface area (Å²) < 4.78 is 1.75. The van der Waals surface area contributed by atoms with Crippen LogP contribution in [-0.2, 0) is 11.8 Å². The average molecular weight is 421 g/mol. The van der Waals surface area contributed by atoms with E-state index in [0.29, 0.717) is 10.8 Å². The Morgan fingerprint density at radius 1 is 1.10 bits per heavy atom. The molecule has 0 fully saturated rings. The standard InChI is InChI=1S/C23H21ClN4O2/c1-14(23(29)30)25-16-11-12-18-20(13-16)28(2)27-22(18)26-19-10-6-9-17(21(19)24)15-7-4-3-5-8-15/h3-14,25H,1-2H3,(H,26,27)(H,29,30). The van der Waals surface area contributed by atoms with Crippen LogP contribution >= 0.6 is 11.6 Å². The van der Waals surface area contributed by atoms with Crippen molar-refractivity contribution in [3.05, 3.63) is 71.8 Å². The summed E-state index contributed by atoms with van der Waals surface area (Å²) in [7, 11) is 1.85. The van der Waals surface area contributed by atoms with Crippen LogP contribution in [0.25, 0.3) is 22.0 Å². The molecule has 0 spiro atoms. The molecule has 3 N–H and O–H groups in total. The molecule has 0 saturated carbocycles. The molecule has 0 aliphatic carbocycles. The topological polar surface area (TPSA) is 79.2 Å². The minimum absolute atomic E-state index is 0.621. The molecular formula is C23H21ClN4O2. The minimum Gasteiger partial charge on any atom is -0.480 e. The van der Waals surface area contributed by atoms with Gasteiger partial charge in [0.15, 0.2) is 5.82 Å². The molecule has 1 unspecified atom stereocenters. The molecule has 1 heterocycles. The van der Waals surface area contributed by atoms with Crippen LogP contribution in [0.4, 0.5) is 17.2 Å². The Labute approximate surface area is 179 Å². The third-order valence-electron chi connectivity index (χ3n) is 4.94. The van der Waals surface area contributed by atoms with Gasteiger partial charge in [-0.05, 0) is 36.8 Å². The Bertz CT molecular complexity index is 1220. The second-order valence-electron chi connectivity index (χ2n) is 7.07. The molecule has 0 aliphatic heterocycles. The molecule has 152 valence electrons. The van der Waals surface area contributed by atoms with Crippen molar-refractivity contribution in [3.63, 3.8) is 0 Å². The maximum absolute atomic E-state index is 11.1. The SMILES string of the molecule is CC(Nc1ccc2c(Nc3cccc(-c4ccccc4)c3Cl)nn(C)c2c1)C(=O)O. The van der Waals surface area contributed by atoms with E-state index in [2.05, 4.69) is 15.7 Å². The van der Waals surface area contributed by atoms with E-state index in [0.717, 1.165) is 33.4 Å². The number of anilines is 3. The Hall–Kier alpha value is -3.51. The zero-order valence-electron chi connectivity index (χ0n) is 16.6. The van der Waals surface area contributed by atoms with E-state index in [9.17, 15) is 4.79 Å². The molecule has 3 aromatic carbocycles. The number of nitrogens with zero attached hydrogens (tertiary/aromatic N) is 2. The number of hydrogen-bond acceptors (Lipinski definition) is 4. The van der Waals surface area contributed by atoms with Gasteiger partial charge >= 0.3 is 5.97 Å². The van der Waals surface area contributed by atoms with Crippen LogP contribution in [0.1, 0.15) is 6.92 Å². The van der Waals surface area contributed by atoms with Crippen LogP contribution in [-0.4, -0.2) is 26.9 Å². The Morgan fingerprint density at radius 2 is 1.87 bits per heavy atom. The summed E-state index contributed by atoms with van der Waals surface area (Å²) in [4.78, 5) is 11.1. The van der Waals surface area contributed by atoms with Crippen LogP contribution in [0.2, 0.25) is 5.02 Å². The zero-order valence-corrected chi connectivity index (χ0v) is 17.3. The summed E-state index contributed by atoms with van der Waals surface area (Å²) in [6.07, 6.45) is 0. The van der Waals surface area contributed by atoms with Gasteiger partial charge in [0.05, 0.1) is 16.2 Å². The van der Waals surface area contributed by atoms with Gasteiger partial charge < -0.3 is 15.7 Å². The Morgan fingerprint density at radius 3 is 2.60 bits per heavy atom. The number of carboxylic acid groups (broad SMARTS) is 1. The van der Waals surface area contributed by atoms with Gasteiger partial charge in [-0.1, -0.05) is 54.1 Å². The maximum atomic E-state index is 11.1. The van der Waals surface area contributed by atoms with E-state index in [1.54, 1.807) is 11.6 Å². The van der Waals surface area contributed by atoms with Crippen molar-refractivity contribution in [2.75, 3.05) is 10.6 Å². The summed E-state index contributed by atoms with van der Waals surface area (Å²) in [6.45, 7) is 1.60. The molecule has 0 amide bonds. The largest absolute Gasteiger partial charge is 0.480 e.